The molecule has 0 radical (unpaired) electrons. The highest BCUT2D eigenvalue weighted by molar-refractivity contribution is 5.87. The lowest BCUT2D eigenvalue weighted by atomic mass is 10.1. The standard InChI is InChI=1S/C12H9N5O3/c18-12(19)10-11(16-17-15-10)20-8-3-1-7(2-4-8)9-5-6-13-14-9/h1-6H,(H,13,14)(H,18,19)(H,15,16,17). The molecule has 0 spiro atoms. The van der Waals surface area contributed by atoms with E-state index in [0.717, 1.165) is 11.3 Å². The lowest BCUT2D eigenvalue weighted by Crippen LogP contribution is -1.99. The zero-order chi connectivity index (χ0) is 13.9. The first-order valence-electron chi connectivity index (χ1n) is 5.66. The molecule has 0 atom stereocenters. The normalized spacial score (nSPS) is 10.4. The smallest absolute Gasteiger partial charge is 0.362 e. The van der Waals surface area contributed by atoms with E-state index in [0.29, 0.717) is 5.75 Å². The molecule has 3 rings (SSSR count). The van der Waals surface area contributed by atoms with Gasteiger partial charge in [0.15, 0.2) is 0 Å². The second-order valence-corrected chi connectivity index (χ2v) is 3.89. The molecule has 100 valence electrons. The summed E-state index contributed by atoms with van der Waals surface area (Å²) in [5.74, 6) is -0.739. The van der Waals surface area contributed by atoms with E-state index in [1.165, 1.54) is 0 Å². The van der Waals surface area contributed by atoms with Crippen molar-refractivity contribution in [2.45, 2.75) is 0 Å². The second-order valence-electron chi connectivity index (χ2n) is 3.89. The van der Waals surface area contributed by atoms with Gasteiger partial charge in [-0.2, -0.15) is 5.10 Å². The van der Waals surface area contributed by atoms with Crippen LogP contribution in [0, 0.1) is 0 Å². The Hall–Kier alpha value is -3.16. The SMILES string of the molecule is O=C(O)c1nn[nH]c1Oc1ccc(-c2ccn[nH]2)cc1. The minimum absolute atomic E-state index is 0.00760. The molecule has 0 bridgehead atoms. The average Bonchev–Trinajstić information content (AvgIpc) is 3.10. The predicted molar refractivity (Wildman–Crippen MR) is 67.4 cm³/mol. The second kappa shape index (κ2) is 4.84. The van der Waals surface area contributed by atoms with E-state index < -0.39 is 5.97 Å². The van der Waals surface area contributed by atoms with Crippen LogP contribution in [-0.4, -0.2) is 36.7 Å². The highest BCUT2D eigenvalue weighted by atomic mass is 16.5. The van der Waals surface area contributed by atoms with Gasteiger partial charge in [0.2, 0.25) is 5.69 Å². The van der Waals surface area contributed by atoms with Gasteiger partial charge in [-0.1, -0.05) is 5.21 Å². The molecule has 3 aromatic rings. The van der Waals surface area contributed by atoms with Crippen molar-refractivity contribution < 1.29 is 14.6 Å². The molecule has 8 nitrogen and oxygen atoms in total. The Kier molecular flexibility index (Phi) is 2.88. The fourth-order valence-electron chi connectivity index (χ4n) is 1.67. The molecular formula is C12H9N5O3. The van der Waals surface area contributed by atoms with E-state index in [9.17, 15) is 4.79 Å². The van der Waals surface area contributed by atoms with Crippen molar-refractivity contribution in [1.82, 2.24) is 25.6 Å². The molecule has 1 aromatic carbocycles. The summed E-state index contributed by atoms with van der Waals surface area (Å²) in [6.07, 6.45) is 1.66. The summed E-state index contributed by atoms with van der Waals surface area (Å²) in [6, 6.07) is 8.92. The van der Waals surface area contributed by atoms with Gasteiger partial charge < -0.3 is 9.84 Å². The third kappa shape index (κ3) is 2.21. The number of rotatable bonds is 4. The van der Waals surface area contributed by atoms with Gasteiger partial charge in [0.25, 0.3) is 5.88 Å². The summed E-state index contributed by atoms with van der Waals surface area (Å²) in [5.41, 5.74) is 1.56. The summed E-state index contributed by atoms with van der Waals surface area (Å²) in [7, 11) is 0. The number of benzene rings is 1. The van der Waals surface area contributed by atoms with Crippen molar-refractivity contribution in [2.24, 2.45) is 0 Å². The first-order valence-corrected chi connectivity index (χ1v) is 5.66. The summed E-state index contributed by atoms with van der Waals surface area (Å²) >= 11 is 0. The Morgan fingerprint density at radius 3 is 2.60 bits per heavy atom. The highest BCUT2D eigenvalue weighted by Gasteiger charge is 2.16. The van der Waals surface area contributed by atoms with Crippen molar-refractivity contribution in [1.29, 1.82) is 0 Å². The number of aromatic amines is 2. The number of carboxylic acid groups (broad SMARTS) is 1. The van der Waals surface area contributed by atoms with Gasteiger partial charge in [-0.25, -0.2) is 9.89 Å². The van der Waals surface area contributed by atoms with Gasteiger partial charge in [0.1, 0.15) is 5.75 Å². The van der Waals surface area contributed by atoms with Crippen LogP contribution in [0.1, 0.15) is 10.5 Å². The zero-order valence-corrected chi connectivity index (χ0v) is 10.1. The highest BCUT2D eigenvalue weighted by Crippen LogP contribution is 2.24. The molecular weight excluding hydrogens is 262 g/mol. The monoisotopic (exact) mass is 271 g/mol. The van der Waals surface area contributed by atoms with E-state index in [1.807, 2.05) is 18.2 Å². The molecule has 20 heavy (non-hydrogen) atoms. The Morgan fingerprint density at radius 2 is 1.95 bits per heavy atom. The molecule has 8 heteroatoms. The number of H-pyrrole nitrogens is 2. The zero-order valence-electron chi connectivity index (χ0n) is 10.1. The number of hydrogen-bond donors (Lipinski definition) is 3. The Morgan fingerprint density at radius 1 is 1.15 bits per heavy atom. The molecule has 0 saturated heterocycles. The van der Waals surface area contributed by atoms with Crippen molar-refractivity contribution in [3.05, 3.63) is 42.2 Å². The molecule has 0 fully saturated rings. The number of nitrogens with one attached hydrogen (secondary N) is 2. The van der Waals surface area contributed by atoms with Crippen LogP contribution in [0.25, 0.3) is 11.3 Å². The maximum atomic E-state index is 10.9. The van der Waals surface area contributed by atoms with Gasteiger partial charge in [-0.15, -0.1) is 5.10 Å². The van der Waals surface area contributed by atoms with Crippen LogP contribution in [-0.2, 0) is 0 Å². The van der Waals surface area contributed by atoms with Crippen molar-refractivity contribution in [3.8, 4) is 22.9 Å². The lowest BCUT2D eigenvalue weighted by molar-refractivity contribution is 0.0687. The Bertz CT molecular complexity index is 718. The van der Waals surface area contributed by atoms with Gasteiger partial charge >= 0.3 is 5.97 Å². The number of carbonyl (C=O) groups is 1. The van der Waals surface area contributed by atoms with E-state index in [-0.39, 0.29) is 11.6 Å². The number of hydrogen-bond acceptors (Lipinski definition) is 5. The minimum Gasteiger partial charge on any atom is -0.476 e. The van der Waals surface area contributed by atoms with Crippen LogP contribution in [0.15, 0.2) is 36.5 Å². The molecule has 0 amide bonds. The predicted octanol–water partition coefficient (Wildman–Crippen LogP) is 1.69. The van der Waals surface area contributed by atoms with Crippen molar-refractivity contribution in [3.63, 3.8) is 0 Å². The van der Waals surface area contributed by atoms with Crippen LogP contribution >= 0.6 is 0 Å². The van der Waals surface area contributed by atoms with E-state index in [4.69, 9.17) is 9.84 Å². The van der Waals surface area contributed by atoms with Gasteiger partial charge in [0, 0.05) is 6.20 Å². The molecule has 0 aliphatic heterocycles. The van der Waals surface area contributed by atoms with Crippen LogP contribution in [0.3, 0.4) is 0 Å². The molecule has 0 unspecified atom stereocenters. The number of aromatic carboxylic acids is 1. The van der Waals surface area contributed by atoms with Crippen LogP contribution < -0.4 is 4.74 Å². The number of ether oxygens (including phenoxy) is 1. The summed E-state index contributed by atoms with van der Waals surface area (Å²) < 4.78 is 5.40. The molecule has 0 aliphatic rings. The fourth-order valence-corrected chi connectivity index (χ4v) is 1.67. The third-order valence-electron chi connectivity index (χ3n) is 2.61. The van der Waals surface area contributed by atoms with Crippen molar-refractivity contribution >= 4 is 5.97 Å². The number of nitrogens with zero attached hydrogens (tertiary/aromatic N) is 3. The van der Waals surface area contributed by atoms with E-state index >= 15 is 0 Å². The van der Waals surface area contributed by atoms with Crippen LogP contribution in [0.2, 0.25) is 0 Å². The quantitative estimate of drug-likeness (QED) is 0.664. The summed E-state index contributed by atoms with van der Waals surface area (Å²) in [6.45, 7) is 0. The number of aromatic nitrogens is 5. The Balaban J connectivity index is 1.82. The molecule has 0 aliphatic carbocycles. The maximum Gasteiger partial charge on any atom is 0.362 e. The number of carboxylic acids is 1. The van der Waals surface area contributed by atoms with E-state index in [1.54, 1.807) is 18.3 Å². The molecule has 0 saturated carbocycles. The molecule has 2 aromatic heterocycles. The van der Waals surface area contributed by atoms with Crippen LogP contribution in [0.4, 0.5) is 0 Å². The topological polar surface area (TPSA) is 117 Å². The van der Waals surface area contributed by atoms with Gasteiger partial charge in [-0.05, 0) is 35.9 Å². The summed E-state index contributed by atoms with van der Waals surface area (Å²) in [4.78, 5) is 10.9. The van der Waals surface area contributed by atoms with Crippen LogP contribution in [0.5, 0.6) is 11.6 Å². The lowest BCUT2D eigenvalue weighted by Gasteiger charge is -2.04. The minimum atomic E-state index is -1.21. The molecule has 3 N–H and O–H groups in total. The fraction of sp³-hybridized carbons (Fsp3) is 0. The van der Waals surface area contributed by atoms with E-state index in [2.05, 4.69) is 25.6 Å². The molecule has 2 heterocycles. The Labute approximate surface area is 112 Å². The third-order valence-corrected chi connectivity index (χ3v) is 2.61. The van der Waals surface area contributed by atoms with Gasteiger partial charge in [-0.3, -0.25) is 5.10 Å². The summed E-state index contributed by atoms with van der Waals surface area (Å²) in [5, 5.41) is 24.8. The largest absolute Gasteiger partial charge is 0.476 e. The van der Waals surface area contributed by atoms with Crippen molar-refractivity contribution in [2.75, 3.05) is 0 Å². The van der Waals surface area contributed by atoms with Gasteiger partial charge in [0.05, 0.1) is 5.69 Å². The average molecular weight is 271 g/mol. The first kappa shape index (κ1) is 11.9. The first-order chi connectivity index (χ1) is 9.74. The maximum absolute atomic E-state index is 10.9.